The number of nitrogens with one attached hydrogen (secondary N) is 1. The van der Waals surface area contributed by atoms with E-state index in [2.05, 4.69) is 26.7 Å². The molecule has 6 nitrogen and oxygen atoms in total. The van der Waals surface area contributed by atoms with Crippen molar-refractivity contribution in [2.45, 2.75) is 30.9 Å². The molecule has 0 saturated carbocycles. The molecular weight excluding hydrogens is 404 g/mol. The molecule has 1 aliphatic rings. The number of benzene rings is 1. The molecule has 0 spiro atoms. The molecule has 0 unspecified atom stereocenters. The summed E-state index contributed by atoms with van der Waals surface area (Å²) < 4.78 is 27.8. The van der Waals surface area contributed by atoms with Gasteiger partial charge in [-0.15, -0.1) is 21.5 Å². The van der Waals surface area contributed by atoms with Gasteiger partial charge in [0.05, 0.1) is 5.69 Å². The van der Waals surface area contributed by atoms with E-state index in [1.54, 1.807) is 24.3 Å². The summed E-state index contributed by atoms with van der Waals surface area (Å²) >= 11 is 1.25. The summed E-state index contributed by atoms with van der Waals surface area (Å²) in [6, 6.07) is 14.6. The summed E-state index contributed by atoms with van der Waals surface area (Å²) in [4.78, 5) is 3.24. The molecule has 2 aromatic heterocycles. The lowest BCUT2D eigenvalue weighted by Crippen LogP contribution is -2.33. The molecule has 0 atom stereocenters. The molecular formula is C21H24N4O2S2. The first-order valence-electron chi connectivity index (χ1n) is 9.69. The van der Waals surface area contributed by atoms with E-state index in [1.807, 2.05) is 31.2 Å². The number of nitrogens with zero attached hydrogens (tertiary/aromatic N) is 3. The van der Waals surface area contributed by atoms with Crippen molar-refractivity contribution in [1.29, 1.82) is 0 Å². The Morgan fingerprint density at radius 2 is 1.72 bits per heavy atom. The third-order valence-electron chi connectivity index (χ3n) is 5.17. The number of anilines is 2. The maximum absolute atomic E-state index is 12.5. The smallest absolute Gasteiger partial charge is 0.271 e. The summed E-state index contributed by atoms with van der Waals surface area (Å²) in [6.07, 6.45) is 2.37. The summed E-state index contributed by atoms with van der Waals surface area (Å²) in [7, 11) is -3.56. The predicted molar refractivity (Wildman–Crippen MR) is 118 cm³/mol. The van der Waals surface area contributed by atoms with Gasteiger partial charge < -0.3 is 4.90 Å². The molecule has 3 heterocycles. The molecule has 1 aliphatic heterocycles. The molecule has 1 fully saturated rings. The van der Waals surface area contributed by atoms with Crippen LogP contribution < -0.4 is 9.62 Å². The van der Waals surface area contributed by atoms with Crippen molar-refractivity contribution in [3.05, 3.63) is 53.4 Å². The molecule has 4 rings (SSSR count). The van der Waals surface area contributed by atoms with Crippen molar-refractivity contribution >= 4 is 32.9 Å². The number of piperidine rings is 1. The fraction of sp³-hybridized carbons (Fsp3) is 0.333. The SMILES string of the molecule is Cc1ccc(S(=O)(=O)Nc2ccc(-c3ccc(N4CCC(C)CC4)nn3)cc2)s1. The van der Waals surface area contributed by atoms with Crippen LogP contribution in [0.15, 0.2) is 52.7 Å². The standard InChI is InChI=1S/C21H24N4O2S2/c1-15-11-13-25(14-12-15)20-9-8-19(22-23-20)17-4-6-18(7-5-17)24-29(26,27)21-10-3-16(2)28-21/h3-10,15,24H,11-14H2,1-2H3. The summed E-state index contributed by atoms with van der Waals surface area (Å²) in [5.74, 6) is 1.69. The van der Waals surface area contributed by atoms with Gasteiger partial charge in [0.25, 0.3) is 10.0 Å². The highest BCUT2D eigenvalue weighted by Crippen LogP contribution is 2.26. The molecule has 1 saturated heterocycles. The Labute approximate surface area is 175 Å². The average molecular weight is 429 g/mol. The first-order chi connectivity index (χ1) is 13.9. The van der Waals surface area contributed by atoms with E-state index in [0.29, 0.717) is 9.90 Å². The zero-order chi connectivity index (χ0) is 20.4. The Kier molecular flexibility index (Phi) is 5.56. The van der Waals surface area contributed by atoms with Crippen LogP contribution in [0.25, 0.3) is 11.3 Å². The van der Waals surface area contributed by atoms with Crippen molar-refractivity contribution in [1.82, 2.24) is 10.2 Å². The summed E-state index contributed by atoms with van der Waals surface area (Å²) in [5.41, 5.74) is 2.18. The van der Waals surface area contributed by atoms with Crippen molar-refractivity contribution in [3.8, 4) is 11.3 Å². The average Bonchev–Trinajstić information content (AvgIpc) is 3.17. The highest BCUT2D eigenvalue weighted by atomic mass is 32.2. The van der Waals surface area contributed by atoms with Gasteiger partial charge in [-0.1, -0.05) is 19.1 Å². The molecule has 0 bridgehead atoms. The van der Waals surface area contributed by atoms with Gasteiger partial charge in [0.15, 0.2) is 5.82 Å². The van der Waals surface area contributed by atoms with E-state index in [4.69, 9.17) is 0 Å². The van der Waals surface area contributed by atoms with E-state index >= 15 is 0 Å². The van der Waals surface area contributed by atoms with Crippen molar-refractivity contribution in [2.24, 2.45) is 5.92 Å². The lowest BCUT2D eigenvalue weighted by molar-refractivity contribution is 0.436. The quantitative estimate of drug-likeness (QED) is 0.645. The van der Waals surface area contributed by atoms with Gasteiger partial charge in [0.1, 0.15) is 4.21 Å². The fourth-order valence-electron chi connectivity index (χ4n) is 3.36. The first kappa shape index (κ1) is 19.8. The Morgan fingerprint density at radius 1 is 1.00 bits per heavy atom. The zero-order valence-electron chi connectivity index (χ0n) is 16.5. The van der Waals surface area contributed by atoms with Crippen LogP contribution in [0.5, 0.6) is 0 Å². The van der Waals surface area contributed by atoms with Crippen LogP contribution in [0.3, 0.4) is 0 Å². The monoisotopic (exact) mass is 428 g/mol. The number of aryl methyl sites for hydroxylation is 1. The molecule has 0 amide bonds. The van der Waals surface area contributed by atoms with Gasteiger partial charge in [0, 0.05) is 29.2 Å². The van der Waals surface area contributed by atoms with Gasteiger partial charge in [-0.2, -0.15) is 0 Å². The van der Waals surface area contributed by atoms with Gasteiger partial charge in [-0.05, 0) is 62.1 Å². The van der Waals surface area contributed by atoms with Gasteiger partial charge >= 0.3 is 0 Å². The van der Waals surface area contributed by atoms with E-state index < -0.39 is 10.0 Å². The molecule has 29 heavy (non-hydrogen) atoms. The Hall–Kier alpha value is -2.45. The largest absolute Gasteiger partial charge is 0.355 e. The molecule has 8 heteroatoms. The van der Waals surface area contributed by atoms with Crippen LogP contribution in [0.1, 0.15) is 24.6 Å². The Balaban J connectivity index is 1.45. The molecule has 152 valence electrons. The lowest BCUT2D eigenvalue weighted by atomic mass is 9.99. The van der Waals surface area contributed by atoms with E-state index in [0.717, 1.165) is 41.0 Å². The number of hydrogen-bond donors (Lipinski definition) is 1. The molecule has 1 N–H and O–H groups in total. The highest BCUT2D eigenvalue weighted by molar-refractivity contribution is 7.94. The van der Waals surface area contributed by atoms with Crippen LogP contribution in [0.4, 0.5) is 11.5 Å². The fourth-order valence-corrected chi connectivity index (χ4v) is 5.70. The second kappa shape index (κ2) is 8.12. The summed E-state index contributed by atoms with van der Waals surface area (Å²) in [6.45, 7) is 6.22. The summed E-state index contributed by atoms with van der Waals surface area (Å²) in [5, 5.41) is 8.76. The van der Waals surface area contributed by atoms with Gasteiger partial charge in [-0.25, -0.2) is 8.42 Å². The van der Waals surface area contributed by atoms with Crippen LogP contribution in [-0.2, 0) is 10.0 Å². The third-order valence-corrected chi connectivity index (χ3v) is 8.05. The maximum Gasteiger partial charge on any atom is 0.271 e. The van der Waals surface area contributed by atoms with Gasteiger partial charge in [-0.3, -0.25) is 4.72 Å². The van der Waals surface area contributed by atoms with Crippen molar-refractivity contribution < 1.29 is 8.42 Å². The van der Waals surface area contributed by atoms with Crippen molar-refractivity contribution in [2.75, 3.05) is 22.7 Å². The lowest BCUT2D eigenvalue weighted by Gasteiger charge is -2.30. The second-order valence-corrected chi connectivity index (χ2v) is 10.7. The number of sulfonamides is 1. The van der Waals surface area contributed by atoms with Crippen LogP contribution in [0.2, 0.25) is 0 Å². The van der Waals surface area contributed by atoms with Gasteiger partial charge in [0.2, 0.25) is 0 Å². The second-order valence-electron chi connectivity index (χ2n) is 7.49. The molecule has 3 aromatic rings. The maximum atomic E-state index is 12.5. The molecule has 1 aromatic carbocycles. The first-order valence-corrected chi connectivity index (χ1v) is 12.0. The number of aromatic nitrogens is 2. The zero-order valence-corrected chi connectivity index (χ0v) is 18.1. The molecule has 0 aliphatic carbocycles. The Bertz CT molecular complexity index is 1070. The number of rotatable bonds is 5. The molecule has 0 radical (unpaired) electrons. The Morgan fingerprint density at radius 3 is 2.31 bits per heavy atom. The highest BCUT2D eigenvalue weighted by Gasteiger charge is 2.18. The van der Waals surface area contributed by atoms with E-state index in [1.165, 1.54) is 24.2 Å². The third kappa shape index (κ3) is 4.59. The van der Waals surface area contributed by atoms with Crippen molar-refractivity contribution in [3.63, 3.8) is 0 Å². The van der Waals surface area contributed by atoms with E-state index in [-0.39, 0.29) is 0 Å². The number of thiophene rings is 1. The minimum Gasteiger partial charge on any atom is -0.355 e. The minimum atomic E-state index is -3.56. The van der Waals surface area contributed by atoms with E-state index in [9.17, 15) is 8.42 Å². The topological polar surface area (TPSA) is 75.2 Å². The predicted octanol–water partition coefficient (Wildman–Crippen LogP) is 4.55. The normalized spacial score (nSPS) is 15.4. The van der Waals surface area contributed by atoms with Crippen LogP contribution in [-0.4, -0.2) is 31.7 Å². The minimum absolute atomic E-state index is 0.313. The number of hydrogen-bond acceptors (Lipinski definition) is 6. The van der Waals surface area contributed by atoms with Crippen LogP contribution in [0, 0.1) is 12.8 Å². The van der Waals surface area contributed by atoms with Crippen LogP contribution >= 0.6 is 11.3 Å².